The van der Waals surface area contributed by atoms with E-state index in [9.17, 15) is 0 Å². The molecule has 0 saturated heterocycles. The molecular formula is C11H13NO. The summed E-state index contributed by atoms with van der Waals surface area (Å²) in [4.78, 5) is 0. The van der Waals surface area contributed by atoms with Gasteiger partial charge < -0.3 is 10.5 Å². The lowest BCUT2D eigenvalue weighted by Gasteiger charge is -2.11. The second kappa shape index (κ2) is 3.97. The van der Waals surface area contributed by atoms with Crippen molar-refractivity contribution in [3.63, 3.8) is 0 Å². The number of hydrogen-bond donors (Lipinski definition) is 1. The minimum absolute atomic E-state index is 0.394. The minimum Gasteiger partial charge on any atom is -0.496 e. The van der Waals surface area contributed by atoms with Crippen molar-refractivity contribution in [3.8, 4) is 18.1 Å². The number of aryl methyl sites for hydroxylation is 1. The van der Waals surface area contributed by atoms with Gasteiger partial charge >= 0.3 is 0 Å². The van der Waals surface area contributed by atoms with Gasteiger partial charge in [0, 0.05) is 5.56 Å². The summed E-state index contributed by atoms with van der Waals surface area (Å²) in [7, 11) is 1.61. The topological polar surface area (TPSA) is 35.2 Å². The molecule has 2 N–H and O–H groups in total. The molecule has 13 heavy (non-hydrogen) atoms. The molecule has 0 fully saturated rings. The van der Waals surface area contributed by atoms with E-state index in [-0.39, 0.29) is 0 Å². The van der Waals surface area contributed by atoms with E-state index in [0.29, 0.717) is 0 Å². The van der Waals surface area contributed by atoms with Crippen LogP contribution >= 0.6 is 0 Å². The van der Waals surface area contributed by atoms with Gasteiger partial charge in [-0.05, 0) is 19.1 Å². The fourth-order valence-electron chi connectivity index (χ4n) is 1.19. The summed E-state index contributed by atoms with van der Waals surface area (Å²) in [5, 5.41) is 0. The van der Waals surface area contributed by atoms with Crippen LogP contribution in [0.4, 0.5) is 0 Å². The van der Waals surface area contributed by atoms with Gasteiger partial charge in [0.25, 0.3) is 0 Å². The molecular weight excluding hydrogens is 162 g/mol. The van der Waals surface area contributed by atoms with Crippen LogP contribution in [0.5, 0.6) is 5.75 Å². The van der Waals surface area contributed by atoms with Gasteiger partial charge in [-0.2, -0.15) is 0 Å². The van der Waals surface area contributed by atoms with Crippen molar-refractivity contribution in [1.82, 2.24) is 0 Å². The molecule has 1 aromatic carbocycles. The van der Waals surface area contributed by atoms with Gasteiger partial charge in [0.15, 0.2) is 0 Å². The highest BCUT2D eigenvalue weighted by Gasteiger charge is 2.08. The van der Waals surface area contributed by atoms with Gasteiger partial charge in [-0.15, -0.1) is 6.42 Å². The van der Waals surface area contributed by atoms with Crippen molar-refractivity contribution in [2.75, 3.05) is 7.11 Å². The molecule has 1 rings (SSSR count). The van der Waals surface area contributed by atoms with Crippen LogP contribution in [0.3, 0.4) is 0 Å². The van der Waals surface area contributed by atoms with Gasteiger partial charge in [-0.3, -0.25) is 0 Å². The number of nitrogens with two attached hydrogens (primary N) is 1. The monoisotopic (exact) mass is 175 g/mol. The van der Waals surface area contributed by atoms with Gasteiger partial charge in [0.05, 0.1) is 13.2 Å². The van der Waals surface area contributed by atoms with Crippen molar-refractivity contribution in [3.05, 3.63) is 29.3 Å². The lowest BCUT2D eigenvalue weighted by molar-refractivity contribution is 0.408. The quantitative estimate of drug-likeness (QED) is 0.693. The predicted molar refractivity (Wildman–Crippen MR) is 53.5 cm³/mol. The fourth-order valence-corrected chi connectivity index (χ4v) is 1.19. The smallest absolute Gasteiger partial charge is 0.124 e. The molecule has 0 amide bonds. The Morgan fingerprint density at radius 3 is 2.77 bits per heavy atom. The van der Waals surface area contributed by atoms with Crippen LogP contribution in [0.25, 0.3) is 0 Å². The van der Waals surface area contributed by atoms with Gasteiger partial charge in [0.2, 0.25) is 0 Å². The lowest BCUT2D eigenvalue weighted by atomic mass is 10.0. The first-order chi connectivity index (χ1) is 6.19. The molecule has 0 saturated carbocycles. The number of rotatable bonds is 2. The summed E-state index contributed by atoms with van der Waals surface area (Å²) in [6.07, 6.45) is 5.25. The van der Waals surface area contributed by atoms with Gasteiger partial charge in [-0.25, -0.2) is 0 Å². The first kappa shape index (κ1) is 9.63. The van der Waals surface area contributed by atoms with E-state index in [1.54, 1.807) is 7.11 Å². The number of methoxy groups -OCH3 is 1. The molecule has 0 aliphatic heterocycles. The Bertz CT molecular complexity index is 338. The van der Waals surface area contributed by atoms with Crippen LogP contribution < -0.4 is 10.5 Å². The van der Waals surface area contributed by atoms with Crippen molar-refractivity contribution in [1.29, 1.82) is 0 Å². The summed E-state index contributed by atoms with van der Waals surface area (Å²) in [6.45, 7) is 1.99. The molecule has 1 atom stereocenters. The molecule has 1 aromatic rings. The zero-order valence-electron chi connectivity index (χ0n) is 7.87. The Morgan fingerprint density at radius 1 is 1.54 bits per heavy atom. The Labute approximate surface area is 78.7 Å². The zero-order chi connectivity index (χ0) is 9.84. The maximum absolute atomic E-state index is 5.72. The van der Waals surface area contributed by atoms with E-state index in [1.165, 1.54) is 0 Å². The van der Waals surface area contributed by atoms with E-state index < -0.39 is 6.04 Å². The summed E-state index contributed by atoms with van der Waals surface area (Å²) in [6, 6.07) is 5.39. The van der Waals surface area contributed by atoms with Crippen LogP contribution in [-0.2, 0) is 0 Å². The third kappa shape index (κ3) is 2.01. The fraction of sp³-hybridized carbons (Fsp3) is 0.273. The second-order valence-corrected chi connectivity index (χ2v) is 2.89. The van der Waals surface area contributed by atoms with Crippen LogP contribution in [0.15, 0.2) is 18.2 Å². The van der Waals surface area contributed by atoms with Crippen LogP contribution in [0, 0.1) is 19.3 Å². The van der Waals surface area contributed by atoms with Crippen molar-refractivity contribution in [2.24, 2.45) is 5.73 Å². The molecule has 0 bridgehead atoms. The maximum Gasteiger partial charge on any atom is 0.124 e. The Morgan fingerprint density at radius 2 is 2.23 bits per heavy atom. The molecule has 0 aliphatic rings. The van der Waals surface area contributed by atoms with E-state index in [1.807, 2.05) is 25.1 Å². The van der Waals surface area contributed by atoms with Gasteiger partial charge in [0.1, 0.15) is 5.75 Å². The third-order valence-electron chi connectivity index (χ3n) is 1.90. The maximum atomic E-state index is 5.72. The van der Waals surface area contributed by atoms with Crippen molar-refractivity contribution >= 4 is 0 Å². The van der Waals surface area contributed by atoms with E-state index in [0.717, 1.165) is 16.9 Å². The van der Waals surface area contributed by atoms with Gasteiger partial charge in [-0.1, -0.05) is 17.6 Å². The molecule has 2 nitrogen and oxygen atoms in total. The van der Waals surface area contributed by atoms with Crippen LogP contribution in [0.1, 0.15) is 17.2 Å². The summed E-state index contributed by atoms with van der Waals surface area (Å²) < 4.78 is 5.15. The Balaban J connectivity index is 3.17. The number of benzene rings is 1. The predicted octanol–water partition coefficient (Wildman–Crippen LogP) is 1.64. The minimum atomic E-state index is -0.394. The molecule has 0 radical (unpaired) electrons. The Hall–Kier alpha value is -1.46. The summed E-state index contributed by atoms with van der Waals surface area (Å²) in [5.74, 6) is 3.23. The van der Waals surface area contributed by atoms with E-state index >= 15 is 0 Å². The molecule has 2 heteroatoms. The van der Waals surface area contributed by atoms with Crippen LogP contribution in [-0.4, -0.2) is 7.11 Å². The van der Waals surface area contributed by atoms with Crippen molar-refractivity contribution in [2.45, 2.75) is 13.0 Å². The second-order valence-electron chi connectivity index (χ2n) is 2.89. The highest BCUT2D eigenvalue weighted by molar-refractivity contribution is 5.41. The molecule has 1 unspecified atom stereocenters. The first-order valence-corrected chi connectivity index (χ1v) is 4.05. The molecule has 0 spiro atoms. The third-order valence-corrected chi connectivity index (χ3v) is 1.90. The molecule has 68 valence electrons. The van der Waals surface area contributed by atoms with E-state index in [4.69, 9.17) is 16.9 Å². The number of hydrogen-bond acceptors (Lipinski definition) is 2. The highest BCUT2D eigenvalue weighted by Crippen LogP contribution is 2.24. The zero-order valence-corrected chi connectivity index (χ0v) is 7.87. The lowest BCUT2D eigenvalue weighted by Crippen LogP contribution is -2.09. The summed E-state index contributed by atoms with van der Waals surface area (Å²) >= 11 is 0. The average molecular weight is 175 g/mol. The average Bonchev–Trinajstić information content (AvgIpc) is 2.16. The number of terminal acetylenes is 1. The molecule has 0 heterocycles. The molecule has 0 aromatic heterocycles. The largest absolute Gasteiger partial charge is 0.496 e. The standard InChI is InChI=1S/C11H13NO/c1-4-10(12)9-7-8(2)5-6-11(9)13-3/h1,5-7,10H,12H2,2-3H3. The Kier molecular flexibility index (Phi) is 2.94. The highest BCUT2D eigenvalue weighted by atomic mass is 16.5. The van der Waals surface area contributed by atoms with Crippen LogP contribution in [0.2, 0.25) is 0 Å². The summed E-state index contributed by atoms with van der Waals surface area (Å²) in [5.41, 5.74) is 7.72. The van der Waals surface area contributed by atoms with E-state index in [2.05, 4.69) is 5.92 Å². The normalized spacial score (nSPS) is 11.8. The first-order valence-electron chi connectivity index (χ1n) is 4.05. The molecule has 0 aliphatic carbocycles. The number of ether oxygens (including phenoxy) is 1. The SMILES string of the molecule is C#CC(N)c1cc(C)ccc1OC. The van der Waals surface area contributed by atoms with Crippen molar-refractivity contribution < 1.29 is 4.74 Å².